The summed E-state index contributed by atoms with van der Waals surface area (Å²) in [5, 5.41) is 12.8. The number of hydrogen-bond acceptors (Lipinski definition) is 5. The average Bonchev–Trinajstić information content (AvgIpc) is 3.27. The highest BCUT2D eigenvalue weighted by atomic mass is 32.1. The molecule has 0 saturated carbocycles. The molecule has 4 rings (SSSR count). The quantitative estimate of drug-likeness (QED) is 0.380. The Morgan fingerprint density at radius 2 is 2.00 bits per heavy atom. The van der Waals surface area contributed by atoms with Crippen LogP contribution in [0.2, 0.25) is 0 Å². The lowest BCUT2D eigenvalue weighted by Gasteiger charge is -2.03. The summed E-state index contributed by atoms with van der Waals surface area (Å²) in [7, 11) is 1.65. The second-order valence-corrected chi connectivity index (χ2v) is 6.70. The number of aromatic amines is 1. The standard InChI is InChI=1S/C21H20N4O2S/c1-3-18-17(16-6-4-5-7-19(16)27-18)13-22-25-20(23-24-21(25)28)12-14-8-10-15(26-2)11-9-14/h4-11,13H,3,12H2,1-2H3,(H,24,28)/b22-13-. The van der Waals surface area contributed by atoms with Crippen LogP contribution < -0.4 is 4.74 Å². The Labute approximate surface area is 167 Å². The fraction of sp³-hybridized carbons (Fsp3) is 0.190. The molecule has 28 heavy (non-hydrogen) atoms. The summed E-state index contributed by atoms with van der Waals surface area (Å²) in [5.41, 5.74) is 2.92. The molecular weight excluding hydrogens is 372 g/mol. The van der Waals surface area contributed by atoms with Gasteiger partial charge in [-0.15, -0.1) is 0 Å². The number of aromatic nitrogens is 3. The fourth-order valence-electron chi connectivity index (χ4n) is 3.12. The summed E-state index contributed by atoms with van der Waals surface area (Å²) in [6, 6.07) is 15.8. The number of H-pyrrole nitrogens is 1. The van der Waals surface area contributed by atoms with Gasteiger partial charge in [0, 0.05) is 23.8 Å². The van der Waals surface area contributed by atoms with Crippen LogP contribution >= 0.6 is 12.2 Å². The van der Waals surface area contributed by atoms with Crippen LogP contribution in [-0.4, -0.2) is 28.2 Å². The molecular formula is C21H20N4O2S. The third-order valence-corrected chi connectivity index (χ3v) is 4.84. The Morgan fingerprint density at radius 1 is 1.21 bits per heavy atom. The average molecular weight is 392 g/mol. The van der Waals surface area contributed by atoms with Crippen molar-refractivity contribution in [3.63, 3.8) is 0 Å². The van der Waals surface area contributed by atoms with Crippen LogP contribution in [0.5, 0.6) is 5.75 Å². The molecule has 0 unspecified atom stereocenters. The van der Waals surface area contributed by atoms with Crippen LogP contribution in [-0.2, 0) is 12.8 Å². The van der Waals surface area contributed by atoms with Gasteiger partial charge in [-0.3, -0.25) is 5.10 Å². The minimum atomic E-state index is 0.450. The maximum absolute atomic E-state index is 5.93. The number of fused-ring (bicyclic) bond motifs is 1. The molecule has 2 aromatic carbocycles. The third kappa shape index (κ3) is 3.48. The fourth-order valence-corrected chi connectivity index (χ4v) is 3.32. The smallest absolute Gasteiger partial charge is 0.216 e. The zero-order valence-corrected chi connectivity index (χ0v) is 16.5. The van der Waals surface area contributed by atoms with Crippen LogP contribution in [0.25, 0.3) is 11.0 Å². The van der Waals surface area contributed by atoms with Gasteiger partial charge in [-0.25, -0.2) is 0 Å². The Hall–Kier alpha value is -3.19. The van der Waals surface area contributed by atoms with Crippen LogP contribution in [0.3, 0.4) is 0 Å². The number of hydrogen-bond donors (Lipinski definition) is 1. The minimum absolute atomic E-state index is 0.450. The minimum Gasteiger partial charge on any atom is -0.497 e. The summed E-state index contributed by atoms with van der Waals surface area (Å²) < 4.78 is 13.2. The van der Waals surface area contributed by atoms with E-state index in [1.807, 2.05) is 48.5 Å². The lowest BCUT2D eigenvalue weighted by atomic mass is 10.1. The first-order chi connectivity index (χ1) is 13.7. The number of rotatable bonds is 6. The number of aryl methyl sites for hydroxylation is 1. The van der Waals surface area contributed by atoms with E-state index >= 15 is 0 Å². The van der Waals surface area contributed by atoms with Gasteiger partial charge in [0.2, 0.25) is 4.77 Å². The van der Waals surface area contributed by atoms with Gasteiger partial charge in [0.25, 0.3) is 0 Å². The predicted octanol–water partition coefficient (Wildman–Crippen LogP) is 4.73. The normalized spacial score (nSPS) is 11.5. The van der Waals surface area contributed by atoms with Gasteiger partial charge >= 0.3 is 0 Å². The maximum atomic E-state index is 5.93. The molecule has 6 nitrogen and oxygen atoms in total. The Kier molecular flexibility index (Phi) is 5.08. The number of benzene rings is 2. The molecule has 0 aliphatic rings. The molecule has 0 amide bonds. The van der Waals surface area contributed by atoms with Crippen molar-refractivity contribution in [2.45, 2.75) is 19.8 Å². The van der Waals surface area contributed by atoms with E-state index in [9.17, 15) is 0 Å². The molecule has 0 spiro atoms. The first kappa shape index (κ1) is 18.2. The maximum Gasteiger partial charge on any atom is 0.216 e. The number of ether oxygens (including phenoxy) is 1. The molecule has 0 atom stereocenters. The SMILES string of the molecule is CCc1oc2ccccc2c1/C=N\n1c(Cc2ccc(OC)cc2)n[nH]c1=S. The zero-order chi connectivity index (χ0) is 19.5. The van der Waals surface area contributed by atoms with Crippen molar-refractivity contribution in [1.82, 2.24) is 14.9 Å². The lowest BCUT2D eigenvalue weighted by molar-refractivity contribution is 0.414. The summed E-state index contributed by atoms with van der Waals surface area (Å²) in [6.45, 7) is 2.06. The largest absolute Gasteiger partial charge is 0.497 e. The van der Waals surface area contributed by atoms with Crippen molar-refractivity contribution in [3.8, 4) is 5.75 Å². The number of furan rings is 1. The van der Waals surface area contributed by atoms with E-state index in [-0.39, 0.29) is 0 Å². The molecule has 0 aliphatic heterocycles. The highest BCUT2D eigenvalue weighted by Gasteiger charge is 2.12. The monoisotopic (exact) mass is 392 g/mol. The van der Waals surface area contributed by atoms with E-state index in [4.69, 9.17) is 21.4 Å². The lowest BCUT2D eigenvalue weighted by Crippen LogP contribution is -2.01. The van der Waals surface area contributed by atoms with Crippen molar-refractivity contribution in [3.05, 3.63) is 76.0 Å². The summed E-state index contributed by atoms with van der Waals surface area (Å²) in [5.74, 6) is 2.45. The molecule has 2 aromatic heterocycles. The van der Waals surface area contributed by atoms with E-state index in [1.54, 1.807) is 18.0 Å². The predicted molar refractivity (Wildman–Crippen MR) is 112 cm³/mol. The number of methoxy groups -OCH3 is 1. The van der Waals surface area contributed by atoms with Gasteiger partial charge in [0.1, 0.15) is 17.1 Å². The molecule has 0 radical (unpaired) electrons. The molecule has 0 aliphatic carbocycles. The number of nitrogens with one attached hydrogen (secondary N) is 1. The summed E-state index contributed by atoms with van der Waals surface area (Å²) in [4.78, 5) is 0. The first-order valence-electron chi connectivity index (χ1n) is 9.03. The van der Waals surface area contributed by atoms with Gasteiger partial charge in [-0.05, 0) is 36.0 Å². The molecule has 2 heterocycles. The molecule has 0 saturated heterocycles. The van der Waals surface area contributed by atoms with Crippen molar-refractivity contribution >= 4 is 29.4 Å². The van der Waals surface area contributed by atoms with Crippen molar-refractivity contribution in [2.75, 3.05) is 7.11 Å². The van der Waals surface area contributed by atoms with Gasteiger partial charge < -0.3 is 9.15 Å². The molecule has 0 bridgehead atoms. The first-order valence-corrected chi connectivity index (χ1v) is 9.44. The van der Waals surface area contributed by atoms with E-state index in [2.05, 4.69) is 22.2 Å². The topological polar surface area (TPSA) is 68.3 Å². The molecule has 142 valence electrons. The van der Waals surface area contributed by atoms with Crippen LogP contribution in [0.15, 0.2) is 58.0 Å². The molecule has 0 fully saturated rings. The molecule has 4 aromatic rings. The van der Waals surface area contributed by atoms with E-state index in [0.717, 1.165) is 45.9 Å². The Morgan fingerprint density at radius 3 is 2.75 bits per heavy atom. The highest BCUT2D eigenvalue weighted by Crippen LogP contribution is 2.25. The Bertz CT molecular complexity index is 1190. The summed E-state index contributed by atoms with van der Waals surface area (Å²) >= 11 is 5.37. The van der Waals surface area contributed by atoms with Gasteiger partial charge in [0.15, 0.2) is 5.82 Å². The van der Waals surface area contributed by atoms with Gasteiger partial charge in [0.05, 0.1) is 13.3 Å². The Balaban J connectivity index is 1.67. The zero-order valence-electron chi connectivity index (χ0n) is 15.7. The van der Waals surface area contributed by atoms with Crippen molar-refractivity contribution in [2.24, 2.45) is 5.10 Å². The number of nitrogens with zero attached hydrogens (tertiary/aromatic N) is 3. The summed E-state index contributed by atoms with van der Waals surface area (Å²) in [6.07, 6.45) is 3.18. The molecule has 7 heteroatoms. The van der Waals surface area contributed by atoms with Gasteiger partial charge in [-0.2, -0.15) is 14.9 Å². The van der Waals surface area contributed by atoms with Crippen LogP contribution in [0.1, 0.15) is 29.6 Å². The van der Waals surface area contributed by atoms with Crippen LogP contribution in [0, 0.1) is 4.77 Å². The molecule has 1 N–H and O–H groups in total. The van der Waals surface area contributed by atoms with Crippen molar-refractivity contribution in [1.29, 1.82) is 0 Å². The highest BCUT2D eigenvalue weighted by molar-refractivity contribution is 7.71. The second-order valence-electron chi connectivity index (χ2n) is 6.31. The van der Waals surface area contributed by atoms with Crippen LogP contribution in [0.4, 0.5) is 0 Å². The number of para-hydroxylation sites is 1. The van der Waals surface area contributed by atoms with Gasteiger partial charge in [-0.1, -0.05) is 37.3 Å². The van der Waals surface area contributed by atoms with E-state index in [0.29, 0.717) is 11.2 Å². The third-order valence-electron chi connectivity index (χ3n) is 4.57. The van der Waals surface area contributed by atoms with Crippen molar-refractivity contribution < 1.29 is 9.15 Å². The van der Waals surface area contributed by atoms with E-state index in [1.165, 1.54) is 0 Å². The second kappa shape index (κ2) is 7.82. The van der Waals surface area contributed by atoms with E-state index < -0.39 is 0 Å².